The predicted molar refractivity (Wildman–Crippen MR) is 97.6 cm³/mol. The molecule has 126 valence electrons. The summed E-state index contributed by atoms with van der Waals surface area (Å²) in [6.45, 7) is 2.03. The van der Waals surface area contributed by atoms with Crippen molar-refractivity contribution in [1.29, 1.82) is 0 Å². The normalized spacial score (nSPS) is 11.2. The van der Waals surface area contributed by atoms with Gasteiger partial charge in [0.15, 0.2) is 6.61 Å². The fourth-order valence-electron chi connectivity index (χ4n) is 2.08. The lowest BCUT2D eigenvalue weighted by Gasteiger charge is -2.08. The number of hydrogen-bond acceptors (Lipinski definition) is 3. The molecule has 24 heavy (non-hydrogen) atoms. The first-order valence-corrected chi connectivity index (χ1v) is 8.36. The zero-order chi connectivity index (χ0) is 17.2. The van der Waals surface area contributed by atoms with Crippen molar-refractivity contribution in [3.63, 3.8) is 0 Å². The van der Waals surface area contributed by atoms with Gasteiger partial charge in [-0.15, -0.1) is 0 Å². The molecule has 0 saturated carbocycles. The minimum atomic E-state index is -0.296. The zero-order valence-corrected chi connectivity index (χ0v) is 14.4. The summed E-state index contributed by atoms with van der Waals surface area (Å²) >= 11 is 5.81. The highest BCUT2D eigenvalue weighted by Crippen LogP contribution is 2.15. The van der Waals surface area contributed by atoms with Gasteiger partial charge in [-0.05, 0) is 42.7 Å². The van der Waals surface area contributed by atoms with Crippen LogP contribution in [-0.4, -0.2) is 18.2 Å². The van der Waals surface area contributed by atoms with Gasteiger partial charge in [0, 0.05) is 5.02 Å². The maximum absolute atomic E-state index is 11.9. The molecule has 1 N–H and O–H groups in total. The molecule has 1 amide bonds. The van der Waals surface area contributed by atoms with E-state index in [1.165, 1.54) is 0 Å². The van der Waals surface area contributed by atoms with Crippen molar-refractivity contribution in [2.24, 2.45) is 5.10 Å². The molecule has 0 aliphatic heterocycles. The van der Waals surface area contributed by atoms with Gasteiger partial charge in [0.25, 0.3) is 5.91 Å². The third kappa shape index (κ3) is 6.05. The first kappa shape index (κ1) is 18.0. The summed E-state index contributed by atoms with van der Waals surface area (Å²) in [6, 6.07) is 16.7. The number of ether oxygens (including phenoxy) is 1. The Labute approximate surface area is 147 Å². The minimum Gasteiger partial charge on any atom is -0.484 e. The molecule has 0 bridgehead atoms. The zero-order valence-electron chi connectivity index (χ0n) is 13.7. The molecule has 0 aromatic heterocycles. The molecule has 0 fully saturated rings. The van der Waals surface area contributed by atoms with Crippen LogP contribution in [0.25, 0.3) is 0 Å². The summed E-state index contributed by atoms with van der Waals surface area (Å²) in [5.74, 6) is 0.294. The summed E-state index contributed by atoms with van der Waals surface area (Å²) in [6.07, 6.45) is 2.91. The average molecular weight is 345 g/mol. The topological polar surface area (TPSA) is 50.7 Å². The lowest BCUT2D eigenvalue weighted by Crippen LogP contribution is -2.26. The van der Waals surface area contributed by atoms with Crippen LogP contribution in [0.3, 0.4) is 0 Å². The molecule has 4 nitrogen and oxygen atoms in total. The third-order valence-electron chi connectivity index (χ3n) is 3.37. The maximum atomic E-state index is 11.9. The molecule has 2 aromatic carbocycles. The highest BCUT2D eigenvalue weighted by molar-refractivity contribution is 6.30. The van der Waals surface area contributed by atoms with Crippen LogP contribution in [-0.2, 0) is 4.79 Å². The second-order valence-corrected chi connectivity index (χ2v) is 5.74. The number of carbonyl (C=O) groups excluding carboxylic acids is 1. The van der Waals surface area contributed by atoms with Crippen LogP contribution < -0.4 is 10.2 Å². The van der Waals surface area contributed by atoms with Gasteiger partial charge in [-0.2, -0.15) is 5.10 Å². The standard InChI is InChI=1S/C19H21ClN2O2/c1-2-3-9-18(15-7-5-4-6-8-15)21-22-19(23)14-24-17-12-10-16(20)11-13-17/h4-8,10-13H,2-3,9,14H2,1H3,(H,22,23). The van der Waals surface area contributed by atoms with Crippen LogP contribution in [0.4, 0.5) is 0 Å². The van der Waals surface area contributed by atoms with Crippen molar-refractivity contribution in [3.05, 3.63) is 65.2 Å². The van der Waals surface area contributed by atoms with Crippen LogP contribution in [0.1, 0.15) is 31.7 Å². The number of nitrogens with one attached hydrogen (secondary N) is 1. The predicted octanol–water partition coefficient (Wildman–Crippen LogP) is 4.43. The van der Waals surface area contributed by atoms with Crippen molar-refractivity contribution in [3.8, 4) is 5.75 Å². The lowest BCUT2D eigenvalue weighted by molar-refractivity contribution is -0.123. The van der Waals surface area contributed by atoms with Gasteiger partial charge in [0.05, 0.1) is 5.71 Å². The van der Waals surface area contributed by atoms with Crippen LogP contribution in [0.2, 0.25) is 5.02 Å². The van der Waals surface area contributed by atoms with E-state index in [2.05, 4.69) is 17.5 Å². The van der Waals surface area contributed by atoms with E-state index in [4.69, 9.17) is 16.3 Å². The average Bonchev–Trinajstić information content (AvgIpc) is 2.62. The molecule has 0 spiro atoms. The van der Waals surface area contributed by atoms with E-state index < -0.39 is 0 Å². The fourth-order valence-corrected chi connectivity index (χ4v) is 2.21. The molecule has 2 rings (SSSR count). The van der Waals surface area contributed by atoms with Crippen molar-refractivity contribution in [2.75, 3.05) is 6.61 Å². The van der Waals surface area contributed by atoms with Crippen LogP contribution in [0.15, 0.2) is 59.7 Å². The highest BCUT2D eigenvalue weighted by atomic mass is 35.5. The molecule has 0 saturated heterocycles. The summed E-state index contributed by atoms with van der Waals surface area (Å²) in [7, 11) is 0. The molecule has 0 atom stereocenters. The van der Waals surface area contributed by atoms with Crippen molar-refractivity contribution in [2.45, 2.75) is 26.2 Å². The van der Waals surface area contributed by atoms with E-state index in [1.54, 1.807) is 24.3 Å². The van der Waals surface area contributed by atoms with Gasteiger partial charge >= 0.3 is 0 Å². The Morgan fingerprint density at radius 1 is 1.12 bits per heavy atom. The van der Waals surface area contributed by atoms with Gasteiger partial charge in [0.2, 0.25) is 0 Å². The van der Waals surface area contributed by atoms with Gasteiger partial charge in [-0.3, -0.25) is 4.79 Å². The van der Waals surface area contributed by atoms with Crippen molar-refractivity contribution in [1.82, 2.24) is 5.43 Å². The summed E-state index contributed by atoms with van der Waals surface area (Å²) in [5.41, 5.74) is 4.46. The molecule has 0 aliphatic carbocycles. The molecular weight excluding hydrogens is 324 g/mol. The van der Waals surface area contributed by atoms with Gasteiger partial charge in [-0.1, -0.05) is 55.3 Å². The van der Waals surface area contributed by atoms with Gasteiger partial charge in [-0.25, -0.2) is 5.43 Å². The van der Waals surface area contributed by atoms with E-state index in [0.29, 0.717) is 10.8 Å². The minimum absolute atomic E-state index is 0.0963. The second-order valence-electron chi connectivity index (χ2n) is 5.31. The number of amides is 1. The Morgan fingerprint density at radius 3 is 2.50 bits per heavy atom. The summed E-state index contributed by atoms with van der Waals surface area (Å²) in [4.78, 5) is 11.9. The Hall–Kier alpha value is -2.33. The highest BCUT2D eigenvalue weighted by Gasteiger charge is 2.06. The SMILES string of the molecule is CCCCC(=NNC(=O)COc1ccc(Cl)cc1)c1ccccc1. The van der Waals surface area contributed by atoms with Crippen molar-refractivity contribution >= 4 is 23.2 Å². The number of unbranched alkanes of at least 4 members (excludes halogenated alkanes) is 1. The monoisotopic (exact) mass is 344 g/mol. The van der Waals surface area contributed by atoms with E-state index >= 15 is 0 Å². The number of carbonyl (C=O) groups is 1. The number of halogens is 1. The van der Waals surface area contributed by atoms with Gasteiger partial charge in [0.1, 0.15) is 5.75 Å². The quantitative estimate of drug-likeness (QED) is 0.569. The number of nitrogens with zero attached hydrogens (tertiary/aromatic N) is 1. The molecule has 0 radical (unpaired) electrons. The molecule has 2 aromatic rings. The van der Waals surface area contributed by atoms with Crippen LogP contribution >= 0.6 is 11.6 Å². The molecule has 0 heterocycles. The van der Waals surface area contributed by atoms with Crippen LogP contribution in [0.5, 0.6) is 5.75 Å². The number of rotatable bonds is 8. The summed E-state index contributed by atoms with van der Waals surface area (Å²) < 4.78 is 5.40. The first-order chi connectivity index (χ1) is 11.7. The Kier molecular flexibility index (Phi) is 7.30. The Bertz CT molecular complexity index is 670. The largest absolute Gasteiger partial charge is 0.484 e. The van der Waals surface area contributed by atoms with Crippen LogP contribution in [0, 0.1) is 0 Å². The molecular formula is C19H21ClN2O2. The summed E-state index contributed by atoms with van der Waals surface area (Å²) in [5, 5.41) is 4.90. The van der Waals surface area contributed by atoms with Crippen molar-refractivity contribution < 1.29 is 9.53 Å². The first-order valence-electron chi connectivity index (χ1n) is 7.98. The molecule has 5 heteroatoms. The number of hydrazone groups is 1. The second kappa shape index (κ2) is 9.73. The number of hydrogen-bond donors (Lipinski definition) is 1. The fraction of sp³-hybridized carbons (Fsp3) is 0.263. The molecule has 0 aliphatic rings. The van der Waals surface area contributed by atoms with E-state index in [1.807, 2.05) is 30.3 Å². The Morgan fingerprint density at radius 2 is 1.83 bits per heavy atom. The smallest absolute Gasteiger partial charge is 0.277 e. The maximum Gasteiger partial charge on any atom is 0.277 e. The van der Waals surface area contributed by atoms with Gasteiger partial charge < -0.3 is 4.74 Å². The van der Waals surface area contributed by atoms with E-state index in [0.717, 1.165) is 30.5 Å². The number of benzene rings is 2. The van der Waals surface area contributed by atoms with E-state index in [9.17, 15) is 4.79 Å². The lowest BCUT2D eigenvalue weighted by atomic mass is 10.1. The molecule has 0 unspecified atom stereocenters. The third-order valence-corrected chi connectivity index (χ3v) is 3.63. The van der Waals surface area contributed by atoms with E-state index in [-0.39, 0.29) is 12.5 Å². The Balaban J connectivity index is 1.92.